The summed E-state index contributed by atoms with van der Waals surface area (Å²) in [6.07, 6.45) is 3.98. The van der Waals surface area contributed by atoms with Gasteiger partial charge in [-0.2, -0.15) is 0 Å². The summed E-state index contributed by atoms with van der Waals surface area (Å²) in [5, 5.41) is 3.07. The number of nitrogens with zero attached hydrogens (tertiary/aromatic N) is 4. The highest BCUT2D eigenvalue weighted by atomic mass is 32.1. The zero-order chi connectivity index (χ0) is 23.8. The van der Waals surface area contributed by atoms with Crippen molar-refractivity contribution in [3.63, 3.8) is 0 Å². The second-order valence-corrected chi connectivity index (χ2v) is 9.64. The molecule has 0 saturated carbocycles. The number of aromatic nitrogens is 3. The number of urea groups is 1. The van der Waals surface area contributed by atoms with Gasteiger partial charge in [-0.1, -0.05) is 18.2 Å². The number of likely N-dealkylation sites (tertiary alicyclic amines) is 1. The quantitative estimate of drug-likeness (QED) is 0.339. The molecule has 176 valence electrons. The van der Waals surface area contributed by atoms with Crippen LogP contribution in [0.1, 0.15) is 24.6 Å². The van der Waals surface area contributed by atoms with Gasteiger partial charge in [-0.3, -0.25) is 0 Å². The lowest BCUT2D eigenvalue weighted by Crippen LogP contribution is -2.42. The lowest BCUT2D eigenvalue weighted by molar-refractivity contribution is 0.191. The number of ether oxygens (including phenoxy) is 1. The van der Waals surface area contributed by atoms with Gasteiger partial charge in [0.15, 0.2) is 0 Å². The van der Waals surface area contributed by atoms with Crippen molar-refractivity contribution in [2.24, 2.45) is 0 Å². The highest BCUT2D eigenvalue weighted by Crippen LogP contribution is 2.33. The molecule has 0 bridgehead atoms. The normalized spacial score (nSPS) is 16.0. The van der Waals surface area contributed by atoms with Crippen molar-refractivity contribution in [2.75, 3.05) is 25.5 Å². The van der Waals surface area contributed by atoms with Crippen LogP contribution in [0.5, 0.6) is 5.75 Å². The van der Waals surface area contributed by atoms with E-state index in [-0.39, 0.29) is 11.9 Å². The van der Waals surface area contributed by atoms with E-state index in [0.717, 1.165) is 63.6 Å². The van der Waals surface area contributed by atoms with E-state index in [4.69, 9.17) is 9.72 Å². The predicted molar refractivity (Wildman–Crippen MR) is 139 cm³/mol. The Morgan fingerprint density at radius 3 is 3.00 bits per heavy atom. The van der Waals surface area contributed by atoms with Gasteiger partial charge >= 0.3 is 6.03 Å². The molecule has 5 aromatic rings. The fourth-order valence-corrected chi connectivity index (χ4v) is 5.56. The number of pyridine rings is 1. The second kappa shape index (κ2) is 9.03. The van der Waals surface area contributed by atoms with E-state index in [2.05, 4.69) is 33.0 Å². The van der Waals surface area contributed by atoms with Crippen molar-refractivity contribution >= 4 is 38.8 Å². The van der Waals surface area contributed by atoms with Crippen LogP contribution < -0.4 is 10.1 Å². The molecule has 0 unspecified atom stereocenters. The first kappa shape index (κ1) is 21.6. The lowest BCUT2D eigenvalue weighted by atomic mass is 9.97. The Morgan fingerprint density at radius 2 is 2.09 bits per heavy atom. The summed E-state index contributed by atoms with van der Waals surface area (Å²) in [5.74, 6) is 1.94. The van der Waals surface area contributed by atoms with Crippen molar-refractivity contribution in [3.05, 3.63) is 78.2 Å². The van der Waals surface area contributed by atoms with Crippen LogP contribution in [0.15, 0.2) is 72.4 Å². The number of methoxy groups -OCH3 is 1. The Hall–Kier alpha value is -3.91. The molecule has 35 heavy (non-hydrogen) atoms. The van der Waals surface area contributed by atoms with Crippen molar-refractivity contribution in [1.29, 1.82) is 0 Å². The number of carbonyl (C=O) groups excluding carboxylic acids is 1. The van der Waals surface area contributed by atoms with Gasteiger partial charge in [-0.05, 0) is 55.3 Å². The van der Waals surface area contributed by atoms with E-state index in [0.29, 0.717) is 6.54 Å². The van der Waals surface area contributed by atoms with Crippen LogP contribution in [-0.2, 0) is 0 Å². The first-order valence-corrected chi connectivity index (χ1v) is 12.6. The molecule has 2 aromatic carbocycles. The Bertz CT molecular complexity index is 1520. The Kier molecular flexibility index (Phi) is 5.58. The van der Waals surface area contributed by atoms with Gasteiger partial charge in [0, 0.05) is 36.5 Å². The maximum Gasteiger partial charge on any atom is 0.321 e. The van der Waals surface area contributed by atoms with Crippen LogP contribution in [0, 0.1) is 0 Å². The molecule has 0 spiro atoms. The SMILES string of the molecule is COc1cccc(-c2nc([C@@H]3CCCN(C(=O)Nc4ccc5ncsc5c4)C3)n3ccccc23)c1. The third kappa shape index (κ3) is 4.10. The van der Waals surface area contributed by atoms with Crippen LogP contribution >= 0.6 is 11.3 Å². The maximum absolute atomic E-state index is 13.1. The van der Waals surface area contributed by atoms with Gasteiger partial charge < -0.3 is 19.4 Å². The van der Waals surface area contributed by atoms with E-state index < -0.39 is 0 Å². The highest BCUT2D eigenvalue weighted by Gasteiger charge is 2.29. The zero-order valence-corrected chi connectivity index (χ0v) is 20.2. The summed E-state index contributed by atoms with van der Waals surface area (Å²) >= 11 is 1.57. The first-order valence-electron chi connectivity index (χ1n) is 11.7. The van der Waals surface area contributed by atoms with Crippen LogP contribution in [0.25, 0.3) is 27.0 Å². The molecule has 3 aromatic heterocycles. The minimum Gasteiger partial charge on any atom is -0.497 e. The van der Waals surface area contributed by atoms with Crippen molar-refractivity contribution < 1.29 is 9.53 Å². The van der Waals surface area contributed by atoms with Crippen LogP contribution in [0.3, 0.4) is 0 Å². The number of hydrogen-bond acceptors (Lipinski definition) is 5. The van der Waals surface area contributed by atoms with Gasteiger partial charge in [-0.15, -0.1) is 11.3 Å². The van der Waals surface area contributed by atoms with E-state index in [1.165, 1.54) is 0 Å². The molecular formula is C27H25N5O2S. The largest absolute Gasteiger partial charge is 0.497 e. The van der Waals surface area contributed by atoms with E-state index >= 15 is 0 Å². The maximum atomic E-state index is 13.1. The van der Waals surface area contributed by atoms with Gasteiger partial charge in [0.1, 0.15) is 11.6 Å². The molecular weight excluding hydrogens is 458 g/mol. The van der Waals surface area contributed by atoms with Crippen LogP contribution in [0.2, 0.25) is 0 Å². The molecule has 7 nitrogen and oxygen atoms in total. The summed E-state index contributed by atoms with van der Waals surface area (Å²) in [4.78, 5) is 24.5. The monoisotopic (exact) mass is 483 g/mol. The Labute approximate surface area is 207 Å². The van der Waals surface area contributed by atoms with Gasteiger partial charge in [0.2, 0.25) is 0 Å². The van der Waals surface area contributed by atoms with Crippen LogP contribution in [0.4, 0.5) is 10.5 Å². The van der Waals surface area contributed by atoms with Crippen LogP contribution in [-0.4, -0.2) is 45.5 Å². The lowest BCUT2D eigenvalue weighted by Gasteiger charge is -2.32. The molecule has 0 radical (unpaired) electrons. The highest BCUT2D eigenvalue weighted by molar-refractivity contribution is 7.16. The summed E-state index contributed by atoms with van der Waals surface area (Å²) in [6, 6.07) is 19.9. The number of carbonyl (C=O) groups is 1. The average Bonchev–Trinajstić information content (AvgIpc) is 3.53. The molecule has 6 rings (SSSR count). The molecule has 1 atom stereocenters. The molecule has 1 aliphatic rings. The fraction of sp³-hybridized carbons (Fsp3) is 0.222. The number of rotatable bonds is 4. The summed E-state index contributed by atoms with van der Waals surface area (Å²) in [7, 11) is 1.67. The minimum absolute atomic E-state index is 0.0764. The summed E-state index contributed by atoms with van der Waals surface area (Å²) < 4.78 is 8.66. The molecule has 8 heteroatoms. The van der Waals surface area contributed by atoms with Gasteiger partial charge in [0.25, 0.3) is 0 Å². The molecule has 1 saturated heterocycles. The molecule has 1 aliphatic heterocycles. The van der Waals surface area contributed by atoms with E-state index in [1.807, 2.05) is 58.9 Å². The van der Waals surface area contributed by atoms with Crippen molar-refractivity contribution in [3.8, 4) is 17.0 Å². The van der Waals surface area contributed by atoms with Crippen molar-refractivity contribution in [1.82, 2.24) is 19.3 Å². The third-order valence-electron chi connectivity index (χ3n) is 6.58. The molecule has 0 aliphatic carbocycles. The summed E-state index contributed by atoms with van der Waals surface area (Å²) in [6.45, 7) is 1.36. The van der Waals surface area contributed by atoms with E-state index in [9.17, 15) is 4.79 Å². The minimum atomic E-state index is -0.0764. The number of amides is 2. The van der Waals surface area contributed by atoms with Gasteiger partial charge in [-0.25, -0.2) is 14.8 Å². The smallest absolute Gasteiger partial charge is 0.321 e. The zero-order valence-electron chi connectivity index (χ0n) is 19.3. The van der Waals surface area contributed by atoms with Gasteiger partial charge in [0.05, 0.1) is 34.0 Å². The second-order valence-electron chi connectivity index (χ2n) is 8.76. The number of hydrogen-bond donors (Lipinski definition) is 1. The standard InChI is InChI=1S/C27H25N5O2S/c1-34-21-8-4-6-18(14-21)25-23-9-2-3-13-32(23)26(30-25)19-7-5-12-31(16-19)27(33)29-20-10-11-22-24(15-20)35-17-28-22/h2-4,6,8-11,13-15,17,19H,5,7,12,16H2,1H3,(H,29,33)/t19-/m1/s1. The summed E-state index contributed by atoms with van der Waals surface area (Å²) in [5.41, 5.74) is 6.56. The Balaban J connectivity index is 1.27. The number of benzene rings is 2. The number of piperidine rings is 1. The number of anilines is 1. The third-order valence-corrected chi connectivity index (χ3v) is 7.37. The number of thiazole rings is 1. The number of imidazole rings is 1. The topological polar surface area (TPSA) is 71.8 Å². The Morgan fingerprint density at radius 1 is 1.14 bits per heavy atom. The predicted octanol–water partition coefficient (Wildman–Crippen LogP) is 6.03. The van der Waals surface area contributed by atoms with E-state index in [1.54, 1.807) is 18.4 Å². The number of nitrogens with one attached hydrogen (secondary N) is 1. The first-order chi connectivity index (χ1) is 17.2. The van der Waals surface area contributed by atoms with Crippen molar-refractivity contribution in [2.45, 2.75) is 18.8 Å². The molecule has 1 fully saturated rings. The molecule has 4 heterocycles. The average molecular weight is 484 g/mol. The number of fused-ring (bicyclic) bond motifs is 2. The molecule has 2 amide bonds. The fourth-order valence-electron chi connectivity index (χ4n) is 4.84. The molecule has 1 N–H and O–H groups in total.